The van der Waals surface area contributed by atoms with Crippen molar-refractivity contribution in [3.8, 4) is 0 Å². The lowest BCUT2D eigenvalue weighted by Crippen LogP contribution is -2.64. The van der Waals surface area contributed by atoms with Crippen LogP contribution in [0.25, 0.3) is 0 Å². The molecule has 0 spiro atoms. The Morgan fingerprint density at radius 3 is 1.83 bits per heavy atom. The van der Waals surface area contributed by atoms with Gasteiger partial charge in [-0.3, -0.25) is 0 Å². The van der Waals surface area contributed by atoms with E-state index in [1.165, 1.54) is 0 Å². The van der Waals surface area contributed by atoms with E-state index in [2.05, 4.69) is 0 Å². The van der Waals surface area contributed by atoms with Crippen LogP contribution in [0.5, 0.6) is 0 Å². The van der Waals surface area contributed by atoms with Gasteiger partial charge in [0.2, 0.25) is 0 Å². The first-order chi connectivity index (χ1) is 10.8. The zero-order valence-electron chi connectivity index (χ0n) is 12.0. The highest BCUT2D eigenvalue weighted by Crippen LogP contribution is 2.28. The van der Waals surface area contributed by atoms with Gasteiger partial charge in [0.05, 0.1) is 13.2 Å². The third-order valence-electron chi connectivity index (χ3n) is 3.98. The summed E-state index contributed by atoms with van der Waals surface area (Å²) in [5.41, 5.74) is 0. The Labute approximate surface area is 130 Å². The molecule has 0 aromatic carbocycles. The maximum Gasteiger partial charge on any atom is 0.187 e. The smallest absolute Gasteiger partial charge is 0.187 e. The van der Waals surface area contributed by atoms with Gasteiger partial charge in [0.15, 0.2) is 12.6 Å². The molecule has 0 bridgehead atoms. The molecule has 136 valence electrons. The van der Waals surface area contributed by atoms with Gasteiger partial charge in [0, 0.05) is 0 Å². The number of rotatable bonds is 4. The molecule has 2 fully saturated rings. The summed E-state index contributed by atoms with van der Waals surface area (Å²) in [6.45, 7) is -1.35. The van der Waals surface area contributed by atoms with Crippen LogP contribution in [-0.2, 0) is 14.2 Å². The van der Waals surface area contributed by atoms with Crippen molar-refractivity contribution in [2.24, 2.45) is 0 Å². The largest absolute Gasteiger partial charge is 0.394 e. The van der Waals surface area contributed by atoms with E-state index in [1.54, 1.807) is 0 Å². The van der Waals surface area contributed by atoms with Gasteiger partial charge in [-0.2, -0.15) is 0 Å². The maximum atomic E-state index is 9.94. The highest BCUT2D eigenvalue weighted by Gasteiger charge is 2.50. The van der Waals surface area contributed by atoms with Gasteiger partial charge in [-0.15, -0.1) is 0 Å². The van der Waals surface area contributed by atoms with Gasteiger partial charge in [0.25, 0.3) is 0 Å². The average Bonchev–Trinajstić information content (AvgIpc) is 2.55. The maximum absolute atomic E-state index is 9.94. The quantitative estimate of drug-likeness (QED) is 0.243. The molecule has 2 heterocycles. The molecule has 10 atom stereocenters. The van der Waals surface area contributed by atoms with E-state index in [4.69, 9.17) is 19.3 Å². The van der Waals surface area contributed by atoms with Crippen molar-refractivity contribution in [2.45, 2.75) is 61.4 Å². The fraction of sp³-hybridized carbons (Fsp3) is 1.00. The third kappa shape index (κ3) is 3.65. The zero-order chi connectivity index (χ0) is 17.3. The zero-order valence-corrected chi connectivity index (χ0v) is 12.0. The van der Waals surface area contributed by atoms with Crippen LogP contribution in [0.3, 0.4) is 0 Å². The molecule has 0 saturated carbocycles. The van der Waals surface area contributed by atoms with Gasteiger partial charge in [-0.25, -0.2) is 0 Å². The molecule has 2 rings (SSSR count). The number of hydrogen-bond acceptors (Lipinski definition) is 11. The molecule has 2 aliphatic heterocycles. The fourth-order valence-electron chi connectivity index (χ4n) is 2.57. The van der Waals surface area contributed by atoms with Crippen LogP contribution in [0.4, 0.5) is 0 Å². The summed E-state index contributed by atoms with van der Waals surface area (Å²) in [6, 6.07) is 0. The van der Waals surface area contributed by atoms with Crippen LogP contribution in [0.1, 0.15) is 0 Å². The molecule has 8 N–H and O–H groups in total. The lowest BCUT2D eigenvalue weighted by Gasteiger charge is -2.45. The van der Waals surface area contributed by atoms with Crippen molar-refractivity contribution in [3.05, 3.63) is 0 Å². The summed E-state index contributed by atoms with van der Waals surface area (Å²) >= 11 is 0. The van der Waals surface area contributed by atoms with Crippen LogP contribution >= 0.6 is 0 Å². The molecule has 0 aliphatic carbocycles. The fourth-order valence-corrected chi connectivity index (χ4v) is 2.57. The van der Waals surface area contributed by atoms with Crippen molar-refractivity contribution in [3.63, 3.8) is 0 Å². The number of ether oxygens (including phenoxy) is 3. The molecule has 2 saturated heterocycles. The van der Waals surface area contributed by atoms with Gasteiger partial charge >= 0.3 is 0 Å². The standard InChI is InChI=1S/C12H22O11/c13-1-3-5(15)6(16)9(19)12(22-3)23-10-4(2-14)21-11(20)8(18)7(10)17/h3-20H,1-2H2/t3-,4+,5-,6+,7-,8-,9+,10-,11-,12+/m1/s1. The second kappa shape index (κ2) is 7.63. The Morgan fingerprint density at radius 2 is 1.26 bits per heavy atom. The van der Waals surface area contributed by atoms with Crippen molar-refractivity contribution in [1.82, 2.24) is 0 Å². The van der Waals surface area contributed by atoms with E-state index in [9.17, 15) is 35.7 Å². The van der Waals surface area contributed by atoms with Crippen LogP contribution in [0.2, 0.25) is 0 Å². The minimum absolute atomic E-state index is 0.667. The highest BCUT2D eigenvalue weighted by atomic mass is 16.7. The minimum Gasteiger partial charge on any atom is -0.394 e. The Bertz CT molecular complexity index is 378. The predicted molar refractivity (Wildman–Crippen MR) is 68.6 cm³/mol. The summed E-state index contributed by atoms with van der Waals surface area (Å²) in [7, 11) is 0. The molecule has 0 radical (unpaired) electrons. The summed E-state index contributed by atoms with van der Waals surface area (Å²) in [4.78, 5) is 0. The highest BCUT2D eigenvalue weighted by molar-refractivity contribution is 4.93. The molecule has 0 unspecified atom stereocenters. The third-order valence-corrected chi connectivity index (χ3v) is 3.98. The minimum atomic E-state index is -1.74. The second-order valence-electron chi connectivity index (χ2n) is 5.53. The Balaban J connectivity index is 2.11. The monoisotopic (exact) mass is 342 g/mol. The van der Waals surface area contributed by atoms with Crippen molar-refractivity contribution >= 4 is 0 Å². The second-order valence-corrected chi connectivity index (χ2v) is 5.53. The normalized spacial score (nSPS) is 51.7. The molecule has 2 aliphatic rings. The van der Waals surface area contributed by atoms with Crippen LogP contribution in [-0.4, -0.2) is 115 Å². The SMILES string of the molecule is OC[C@@H]1O[C@@H](O)[C@H](O)[C@@H](O)[C@@H]1O[C@@H]1O[C@H](CO)[C@@H](O)[C@H](O)[C@@H]1O. The summed E-state index contributed by atoms with van der Waals surface area (Å²) in [5, 5.41) is 76.5. The Kier molecular flexibility index (Phi) is 6.27. The molecule has 23 heavy (non-hydrogen) atoms. The topological polar surface area (TPSA) is 190 Å². The number of aliphatic hydroxyl groups is 8. The molecular weight excluding hydrogens is 320 g/mol. The van der Waals surface area contributed by atoms with E-state index in [0.29, 0.717) is 0 Å². The number of aliphatic hydroxyl groups excluding tert-OH is 8. The number of hydrogen-bond donors (Lipinski definition) is 8. The van der Waals surface area contributed by atoms with Crippen molar-refractivity contribution in [2.75, 3.05) is 13.2 Å². The summed E-state index contributed by atoms with van der Waals surface area (Å²) in [6.07, 6.45) is -15.6. The van der Waals surface area contributed by atoms with E-state index < -0.39 is 74.6 Å². The van der Waals surface area contributed by atoms with Crippen LogP contribution in [0.15, 0.2) is 0 Å². The predicted octanol–water partition coefficient (Wildman–Crippen LogP) is -5.40. The molecule has 11 nitrogen and oxygen atoms in total. The van der Waals surface area contributed by atoms with Crippen LogP contribution < -0.4 is 0 Å². The first-order valence-corrected chi connectivity index (χ1v) is 7.08. The molecule has 11 heteroatoms. The van der Waals surface area contributed by atoms with Gasteiger partial charge in [-0.1, -0.05) is 0 Å². The first kappa shape index (κ1) is 18.9. The Morgan fingerprint density at radius 1 is 0.652 bits per heavy atom. The van der Waals surface area contributed by atoms with E-state index in [-0.39, 0.29) is 0 Å². The summed E-state index contributed by atoms with van der Waals surface area (Å²) < 4.78 is 15.3. The van der Waals surface area contributed by atoms with Gasteiger partial charge in [-0.05, 0) is 0 Å². The van der Waals surface area contributed by atoms with Gasteiger partial charge in [0.1, 0.15) is 48.8 Å². The van der Waals surface area contributed by atoms with Crippen molar-refractivity contribution < 1.29 is 55.1 Å². The molecule has 0 aromatic rings. The molecular formula is C12H22O11. The lowest BCUT2D eigenvalue weighted by atomic mass is 9.97. The van der Waals surface area contributed by atoms with E-state index >= 15 is 0 Å². The summed E-state index contributed by atoms with van der Waals surface area (Å²) in [5.74, 6) is 0. The lowest BCUT2D eigenvalue weighted by molar-refractivity contribution is -0.355. The van der Waals surface area contributed by atoms with E-state index in [0.717, 1.165) is 0 Å². The average molecular weight is 342 g/mol. The van der Waals surface area contributed by atoms with Crippen LogP contribution in [0, 0.1) is 0 Å². The van der Waals surface area contributed by atoms with E-state index in [1.807, 2.05) is 0 Å². The van der Waals surface area contributed by atoms with Gasteiger partial charge < -0.3 is 55.1 Å². The van der Waals surface area contributed by atoms with Crippen molar-refractivity contribution in [1.29, 1.82) is 0 Å². The molecule has 0 aromatic heterocycles. The first-order valence-electron chi connectivity index (χ1n) is 7.08. The Hall–Kier alpha value is -0.440. The molecule has 0 amide bonds.